The highest BCUT2D eigenvalue weighted by atomic mass is 35.5. The average molecular weight is 328 g/mol. The first-order chi connectivity index (χ1) is 10.1. The molecule has 0 aliphatic carbocycles. The fourth-order valence-corrected chi connectivity index (χ4v) is 2.17. The quantitative estimate of drug-likeness (QED) is 0.789. The van der Waals surface area contributed by atoms with Crippen molar-refractivity contribution in [2.75, 3.05) is 12.4 Å². The molecule has 0 aliphatic rings. The number of hydrogen-bond acceptors (Lipinski definition) is 6. The molecule has 21 heavy (non-hydrogen) atoms. The van der Waals surface area contributed by atoms with Crippen molar-refractivity contribution in [3.63, 3.8) is 0 Å². The summed E-state index contributed by atoms with van der Waals surface area (Å²) in [6, 6.07) is 6.75. The minimum absolute atomic E-state index is 0.0995. The summed E-state index contributed by atoms with van der Waals surface area (Å²) in [5.41, 5.74) is 0.761. The third-order valence-corrected chi connectivity index (χ3v) is 3.58. The Morgan fingerprint density at radius 1 is 1.43 bits per heavy atom. The molecule has 0 aliphatic heterocycles. The van der Waals surface area contributed by atoms with E-state index in [0.717, 1.165) is 17.3 Å². The summed E-state index contributed by atoms with van der Waals surface area (Å²) in [5, 5.41) is 20.2. The summed E-state index contributed by atoms with van der Waals surface area (Å²) < 4.78 is 5.46. The van der Waals surface area contributed by atoms with E-state index < -0.39 is 0 Å². The van der Waals surface area contributed by atoms with E-state index >= 15 is 0 Å². The van der Waals surface area contributed by atoms with Gasteiger partial charge in [-0.3, -0.25) is 4.79 Å². The molecule has 0 bridgehead atoms. The number of aliphatic hydroxyl groups is 1. The molecule has 1 unspecified atom stereocenters. The van der Waals surface area contributed by atoms with Gasteiger partial charge in [0.1, 0.15) is 0 Å². The number of benzene rings is 1. The first kappa shape index (κ1) is 15.8. The first-order valence-electron chi connectivity index (χ1n) is 6.21. The normalized spacial score (nSPS) is 12.1. The van der Waals surface area contributed by atoms with E-state index in [1.165, 1.54) is 0 Å². The van der Waals surface area contributed by atoms with Gasteiger partial charge >= 0.3 is 0 Å². The zero-order valence-electron chi connectivity index (χ0n) is 11.2. The molecule has 0 spiro atoms. The number of rotatable bonds is 6. The van der Waals surface area contributed by atoms with Crippen LogP contribution in [0.5, 0.6) is 0 Å². The lowest BCUT2D eigenvalue weighted by Crippen LogP contribution is -2.36. The maximum atomic E-state index is 11.6. The Morgan fingerprint density at radius 3 is 2.81 bits per heavy atom. The predicted octanol–water partition coefficient (Wildman–Crippen LogP) is 1.98. The van der Waals surface area contributed by atoms with Crippen LogP contribution in [0.4, 0.5) is 0 Å². The summed E-state index contributed by atoms with van der Waals surface area (Å²) in [7, 11) is 0. The number of carbonyl (C=O) groups excluding carboxylic acids is 1. The zero-order chi connectivity index (χ0) is 15.2. The largest absolute Gasteiger partial charge is 0.411 e. The topological polar surface area (TPSA) is 88.2 Å². The Hall–Kier alpha value is -1.57. The van der Waals surface area contributed by atoms with Gasteiger partial charge in [-0.1, -0.05) is 23.4 Å². The van der Waals surface area contributed by atoms with Crippen LogP contribution in [0.1, 0.15) is 6.92 Å². The maximum absolute atomic E-state index is 11.6. The molecule has 1 aromatic carbocycles. The number of aromatic nitrogens is 2. The summed E-state index contributed by atoms with van der Waals surface area (Å²) in [4.78, 5) is 11.6. The molecule has 0 fully saturated rings. The van der Waals surface area contributed by atoms with Crippen LogP contribution in [0, 0.1) is 0 Å². The third-order valence-electron chi connectivity index (χ3n) is 2.51. The van der Waals surface area contributed by atoms with Crippen molar-refractivity contribution >= 4 is 29.3 Å². The van der Waals surface area contributed by atoms with Crippen molar-refractivity contribution in [2.45, 2.75) is 18.2 Å². The summed E-state index contributed by atoms with van der Waals surface area (Å²) in [6.45, 7) is 1.62. The Bertz CT molecular complexity index is 603. The van der Waals surface area contributed by atoms with Gasteiger partial charge in [-0.2, -0.15) is 0 Å². The van der Waals surface area contributed by atoms with Gasteiger partial charge in [0.15, 0.2) is 0 Å². The van der Waals surface area contributed by atoms with Crippen LogP contribution in [0.15, 0.2) is 33.9 Å². The molecular weight excluding hydrogens is 314 g/mol. The Balaban J connectivity index is 1.91. The predicted molar refractivity (Wildman–Crippen MR) is 80.2 cm³/mol. The molecule has 0 radical (unpaired) electrons. The summed E-state index contributed by atoms with van der Waals surface area (Å²) >= 11 is 6.95. The van der Waals surface area contributed by atoms with Crippen LogP contribution < -0.4 is 5.32 Å². The van der Waals surface area contributed by atoms with Crippen molar-refractivity contribution in [2.24, 2.45) is 0 Å². The van der Waals surface area contributed by atoms with Gasteiger partial charge in [0.05, 0.1) is 12.4 Å². The van der Waals surface area contributed by atoms with E-state index in [4.69, 9.17) is 21.1 Å². The van der Waals surface area contributed by atoms with Gasteiger partial charge in [-0.15, -0.1) is 10.2 Å². The molecule has 6 nitrogen and oxygen atoms in total. The molecule has 0 saturated heterocycles. The number of aliphatic hydroxyl groups excluding tert-OH is 1. The van der Waals surface area contributed by atoms with E-state index in [1.54, 1.807) is 31.2 Å². The highest BCUT2D eigenvalue weighted by Crippen LogP contribution is 2.24. The van der Waals surface area contributed by atoms with Gasteiger partial charge in [-0.05, 0) is 31.2 Å². The number of thioether (sulfide) groups is 1. The lowest BCUT2D eigenvalue weighted by atomic mass is 10.2. The van der Waals surface area contributed by atoms with E-state index in [-0.39, 0.29) is 24.3 Å². The number of nitrogens with one attached hydrogen (secondary N) is 1. The van der Waals surface area contributed by atoms with Gasteiger partial charge in [-0.25, -0.2) is 0 Å². The highest BCUT2D eigenvalue weighted by molar-refractivity contribution is 7.99. The minimum atomic E-state index is -0.273. The fourth-order valence-electron chi connectivity index (χ4n) is 1.47. The van der Waals surface area contributed by atoms with Gasteiger partial charge in [0, 0.05) is 16.6 Å². The van der Waals surface area contributed by atoms with E-state index in [0.29, 0.717) is 16.1 Å². The van der Waals surface area contributed by atoms with Crippen LogP contribution in [0.2, 0.25) is 5.02 Å². The second-order valence-corrected chi connectivity index (χ2v) is 5.68. The van der Waals surface area contributed by atoms with Gasteiger partial charge in [0.25, 0.3) is 5.22 Å². The molecule has 1 heterocycles. The Labute approximate surface area is 130 Å². The molecule has 1 atom stereocenters. The Kier molecular flexibility index (Phi) is 5.60. The van der Waals surface area contributed by atoms with E-state index in [2.05, 4.69) is 15.5 Å². The molecule has 2 N–H and O–H groups in total. The van der Waals surface area contributed by atoms with Crippen molar-refractivity contribution in [1.29, 1.82) is 0 Å². The molecular formula is C13H14ClN3O3S. The van der Waals surface area contributed by atoms with Crippen molar-refractivity contribution in [1.82, 2.24) is 15.5 Å². The molecule has 1 amide bonds. The third kappa shape index (κ3) is 4.73. The molecule has 112 valence electrons. The van der Waals surface area contributed by atoms with Crippen LogP contribution in [-0.2, 0) is 4.79 Å². The maximum Gasteiger partial charge on any atom is 0.277 e. The Morgan fingerprint density at radius 2 is 2.14 bits per heavy atom. The van der Waals surface area contributed by atoms with E-state index in [1.807, 2.05) is 0 Å². The molecule has 0 saturated carbocycles. The smallest absolute Gasteiger partial charge is 0.277 e. The van der Waals surface area contributed by atoms with Crippen LogP contribution in [0.25, 0.3) is 11.5 Å². The van der Waals surface area contributed by atoms with Crippen molar-refractivity contribution < 1.29 is 14.3 Å². The second kappa shape index (κ2) is 7.44. The average Bonchev–Trinajstić information content (AvgIpc) is 2.94. The molecule has 8 heteroatoms. The monoisotopic (exact) mass is 327 g/mol. The summed E-state index contributed by atoms with van der Waals surface area (Å²) in [5.74, 6) is 0.318. The SMILES string of the molecule is CC(CO)NC(=O)CSc1nnc(-c2ccc(Cl)cc2)o1. The zero-order valence-corrected chi connectivity index (χ0v) is 12.8. The van der Waals surface area contributed by atoms with Crippen LogP contribution in [0.3, 0.4) is 0 Å². The lowest BCUT2D eigenvalue weighted by Gasteiger charge is -2.09. The second-order valence-electron chi connectivity index (χ2n) is 4.32. The standard InChI is InChI=1S/C13H14ClN3O3S/c1-8(6-18)15-11(19)7-21-13-17-16-12(20-13)9-2-4-10(14)5-3-9/h2-5,8,18H,6-7H2,1H3,(H,15,19). The molecule has 1 aromatic heterocycles. The number of carbonyl (C=O) groups is 1. The summed E-state index contributed by atoms with van der Waals surface area (Å²) in [6.07, 6.45) is 0. The number of hydrogen-bond donors (Lipinski definition) is 2. The van der Waals surface area contributed by atoms with Crippen LogP contribution >= 0.6 is 23.4 Å². The van der Waals surface area contributed by atoms with Crippen molar-refractivity contribution in [3.05, 3.63) is 29.3 Å². The number of amides is 1. The van der Waals surface area contributed by atoms with E-state index in [9.17, 15) is 4.79 Å². The highest BCUT2D eigenvalue weighted by Gasteiger charge is 2.12. The van der Waals surface area contributed by atoms with Gasteiger partial charge < -0.3 is 14.8 Å². The molecule has 2 rings (SSSR count). The number of nitrogens with zero attached hydrogens (tertiary/aromatic N) is 2. The first-order valence-corrected chi connectivity index (χ1v) is 7.57. The van der Waals surface area contributed by atoms with Crippen molar-refractivity contribution in [3.8, 4) is 11.5 Å². The van der Waals surface area contributed by atoms with Crippen LogP contribution in [-0.4, -0.2) is 39.6 Å². The minimum Gasteiger partial charge on any atom is -0.411 e. The molecule has 2 aromatic rings. The fraction of sp³-hybridized carbons (Fsp3) is 0.308. The van der Waals surface area contributed by atoms with Gasteiger partial charge in [0.2, 0.25) is 11.8 Å². The lowest BCUT2D eigenvalue weighted by molar-refractivity contribution is -0.119. The number of halogens is 1.